The van der Waals surface area contributed by atoms with Crippen LogP contribution in [0.5, 0.6) is 0 Å². The third-order valence-electron chi connectivity index (χ3n) is 2.88. The Hall–Kier alpha value is -2.21. The Bertz CT molecular complexity index is 700. The lowest BCUT2D eigenvalue weighted by molar-refractivity contribution is -0.137. The van der Waals surface area contributed by atoms with Crippen LogP contribution in [-0.2, 0) is 11.3 Å². The molecular weight excluding hydrogens is 278 g/mol. The van der Waals surface area contributed by atoms with Gasteiger partial charge in [0, 0.05) is 6.54 Å². The Morgan fingerprint density at radius 1 is 1.30 bits per heavy atom. The van der Waals surface area contributed by atoms with Gasteiger partial charge in [0.2, 0.25) is 0 Å². The predicted octanol–water partition coefficient (Wildman–Crippen LogP) is 2.25. The first-order valence-corrected chi connectivity index (χ1v) is 6.89. The maximum atomic E-state index is 12.3. The minimum Gasteiger partial charge on any atom is -0.481 e. The van der Waals surface area contributed by atoms with E-state index in [1.165, 1.54) is 28.9 Å². The van der Waals surface area contributed by atoms with Gasteiger partial charge >= 0.3 is 5.97 Å². The number of thiophene rings is 1. The lowest BCUT2D eigenvalue weighted by Crippen LogP contribution is -2.27. The van der Waals surface area contributed by atoms with E-state index in [4.69, 9.17) is 5.11 Å². The molecule has 2 heterocycles. The van der Waals surface area contributed by atoms with Gasteiger partial charge in [-0.1, -0.05) is 6.07 Å². The normalized spacial score (nSPS) is 10.4. The van der Waals surface area contributed by atoms with Crippen LogP contribution in [0.25, 0.3) is 10.6 Å². The van der Waals surface area contributed by atoms with Gasteiger partial charge in [0.15, 0.2) is 5.78 Å². The zero-order valence-electron chi connectivity index (χ0n) is 10.8. The number of carbonyl (C=O) groups is 2. The van der Waals surface area contributed by atoms with Crippen LogP contribution in [0, 0.1) is 0 Å². The molecular formula is C14H13NO4S. The molecule has 0 bridgehead atoms. The Morgan fingerprint density at radius 2 is 2.05 bits per heavy atom. The lowest BCUT2D eigenvalue weighted by atomic mass is 10.1. The third kappa shape index (κ3) is 2.85. The van der Waals surface area contributed by atoms with Crippen molar-refractivity contribution < 1.29 is 14.7 Å². The van der Waals surface area contributed by atoms with Gasteiger partial charge < -0.3 is 9.67 Å². The summed E-state index contributed by atoms with van der Waals surface area (Å²) in [6.45, 7) is 1.37. The van der Waals surface area contributed by atoms with E-state index in [1.807, 2.05) is 17.5 Å². The van der Waals surface area contributed by atoms with Crippen molar-refractivity contribution in [1.29, 1.82) is 0 Å². The summed E-state index contributed by atoms with van der Waals surface area (Å²) >= 11 is 1.46. The molecule has 0 unspecified atom stereocenters. The summed E-state index contributed by atoms with van der Waals surface area (Å²) in [5, 5.41) is 10.7. The van der Waals surface area contributed by atoms with Gasteiger partial charge in [-0.05, 0) is 30.5 Å². The van der Waals surface area contributed by atoms with E-state index in [-0.39, 0.29) is 24.3 Å². The number of pyridine rings is 1. The second-order valence-electron chi connectivity index (χ2n) is 4.27. The summed E-state index contributed by atoms with van der Waals surface area (Å²) in [7, 11) is 0. The molecule has 0 amide bonds. The zero-order chi connectivity index (χ0) is 14.7. The molecule has 0 spiro atoms. The van der Waals surface area contributed by atoms with E-state index in [2.05, 4.69) is 0 Å². The number of carboxylic acids is 1. The largest absolute Gasteiger partial charge is 0.481 e. The molecule has 20 heavy (non-hydrogen) atoms. The summed E-state index contributed by atoms with van der Waals surface area (Å²) in [5.41, 5.74) is 0.275. The number of carbonyl (C=O) groups excluding carboxylic acids is 1. The second kappa shape index (κ2) is 5.83. The monoisotopic (exact) mass is 291 g/mol. The van der Waals surface area contributed by atoms with Crippen molar-refractivity contribution in [3.05, 3.63) is 45.6 Å². The predicted molar refractivity (Wildman–Crippen MR) is 76.3 cm³/mol. The van der Waals surface area contributed by atoms with E-state index in [0.717, 1.165) is 4.88 Å². The number of nitrogens with zero attached hydrogens (tertiary/aromatic N) is 1. The minimum atomic E-state index is -0.984. The Kier molecular flexibility index (Phi) is 4.14. The average molecular weight is 291 g/mol. The van der Waals surface area contributed by atoms with Crippen molar-refractivity contribution in [2.45, 2.75) is 19.9 Å². The molecule has 0 aliphatic carbocycles. The SMILES string of the molecule is CC(=O)c1ccc(-c2cccs2)n(CCC(=O)O)c1=O. The fourth-order valence-electron chi connectivity index (χ4n) is 1.92. The van der Waals surface area contributed by atoms with Crippen LogP contribution in [-0.4, -0.2) is 21.4 Å². The van der Waals surface area contributed by atoms with Crippen LogP contribution in [0.4, 0.5) is 0 Å². The van der Waals surface area contributed by atoms with Crippen LogP contribution in [0.2, 0.25) is 0 Å². The van der Waals surface area contributed by atoms with Crippen LogP contribution in [0.15, 0.2) is 34.4 Å². The van der Waals surface area contributed by atoms with Crippen LogP contribution in [0.3, 0.4) is 0 Å². The number of hydrogen-bond acceptors (Lipinski definition) is 4. The van der Waals surface area contributed by atoms with E-state index in [0.29, 0.717) is 5.69 Å². The molecule has 2 rings (SSSR count). The molecule has 0 fully saturated rings. The summed E-state index contributed by atoms with van der Waals surface area (Å²) < 4.78 is 1.36. The Balaban J connectivity index is 2.57. The second-order valence-corrected chi connectivity index (χ2v) is 5.21. The topological polar surface area (TPSA) is 76.4 Å². The van der Waals surface area contributed by atoms with E-state index in [9.17, 15) is 14.4 Å². The van der Waals surface area contributed by atoms with Crippen LogP contribution in [0.1, 0.15) is 23.7 Å². The van der Waals surface area contributed by atoms with Crippen molar-refractivity contribution in [2.75, 3.05) is 0 Å². The highest BCUT2D eigenvalue weighted by atomic mass is 32.1. The van der Waals surface area contributed by atoms with Crippen molar-refractivity contribution in [1.82, 2.24) is 4.57 Å². The number of ketones is 1. The van der Waals surface area contributed by atoms with Gasteiger partial charge in [0.05, 0.1) is 22.6 Å². The number of hydrogen-bond donors (Lipinski definition) is 1. The van der Waals surface area contributed by atoms with Gasteiger partial charge in [-0.15, -0.1) is 11.3 Å². The number of carboxylic acid groups (broad SMARTS) is 1. The fourth-order valence-corrected chi connectivity index (χ4v) is 2.68. The first kappa shape index (κ1) is 14.2. The Labute approximate surface area is 119 Å². The highest BCUT2D eigenvalue weighted by Gasteiger charge is 2.14. The lowest BCUT2D eigenvalue weighted by Gasteiger charge is -2.12. The Morgan fingerprint density at radius 3 is 2.60 bits per heavy atom. The van der Waals surface area contributed by atoms with Crippen LogP contribution < -0.4 is 5.56 Å². The third-order valence-corrected chi connectivity index (χ3v) is 3.77. The maximum Gasteiger partial charge on any atom is 0.305 e. The standard InChI is InChI=1S/C14H13NO4S/c1-9(16)10-4-5-11(12-3-2-8-20-12)15(14(10)19)7-6-13(17)18/h2-5,8H,6-7H2,1H3,(H,17,18). The maximum absolute atomic E-state index is 12.3. The van der Waals surface area contributed by atoms with Gasteiger partial charge in [-0.3, -0.25) is 14.4 Å². The molecule has 0 saturated carbocycles. The van der Waals surface area contributed by atoms with Crippen molar-refractivity contribution in [2.24, 2.45) is 0 Å². The molecule has 0 aromatic carbocycles. The number of aliphatic carboxylic acids is 1. The van der Waals surface area contributed by atoms with E-state index < -0.39 is 11.5 Å². The summed E-state index contributed by atoms with van der Waals surface area (Å²) in [5.74, 6) is -1.31. The van der Waals surface area contributed by atoms with E-state index >= 15 is 0 Å². The number of rotatable bonds is 5. The summed E-state index contributed by atoms with van der Waals surface area (Å²) in [6, 6.07) is 6.89. The quantitative estimate of drug-likeness (QED) is 0.857. The van der Waals surface area contributed by atoms with Crippen molar-refractivity contribution in [3.63, 3.8) is 0 Å². The zero-order valence-corrected chi connectivity index (χ0v) is 11.6. The van der Waals surface area contributed by atoms with Crippen molar-refractivity contribution >= 4 is 23.1 Å². The first-order chi connectivity index (χ1) is 9.50. The highest BCUT2D eigenvalue weighted by Crippen LogP contribution is 2.24. The van der Waals surface area contributed by atoms with Crippen molar-refractivity contribution in [3.8, 4) is 10.6 Å². The fraction of sp³-hybridized carbons (Fsp3) is 0.214. The molecule has 0 saturated heterocycles. The molecule has 0 radical (unpaired) electrons. The smallest absolute Gasteiger partial charge is 0.305 e. The van der Waals surface area contributed by atoms with E-state index in [1.54, 1.807) is 6.07 Å². The number of Topliss-reactive ketones (excluding diaryl/α,β-unsaturated/α-hetero) is 1. The molecule has 6 heteroatoms. The number of aromatic nitrogens is 1. The molecule has 0 aliphatic rings. The highest BCUT2D eigenvalue weighted by molar-refractivity contribution is 7.13. The minimum absolute atomic E-state index is 0.0442. The van der Waals surface area contributed by atoms with Gasteiger partial charge in [0.25, 0.3) is 5.56 Å². The van der Waals surface area contributed by atoms with Gasteiger partial charge in [0.1, 0.15) is 0 Å². The molecule has 2 aromatic heterocycles. The molecule has 0 aliphatic heterocycles. The first-order valence-electron chi connectivity index (χ1n) is 6.01. The molecule has 0 atom stereocenters. The van der Waals surface area contributed by atoms with Crippen LogP contribution >= 0.6 is 11.3 Å². The molecule has 5 nitrogen and oxygen atoms in total. The van der Waals surface area contributed by atoms with Gasteiger partial charge in [-0.25, -0.2) is 0 Å². The molecule has 104 valence electrons. The molecule has 1 N–H and O–H groups in total. The average Bonchev–Trinajstić information content (AvgIpc) is 2.89. The summed E-state index contributed by atoms with van der Waals surface area (Å²) in [4.78, 5) is 35.3. The molecule has 2 aromatic rings. The summed E-state index contributed by atoms with van der Waals surface area (Å²) in [6.07, 6.45) is -0.167. The van der Waals surface area contributed by atoms with Gasteiger partial charge in [-0.2, -0.15) is 0 Å².